The zero-order valence-corrected chi connectivity index (χ0v) is 18.4. The highest BCUT2D eigenvalue weighted by molar-refractivity contribution is 7.20. The maximum atomic E-state index is 13.2. The number of rotatable bonds is 5. The van der Waals surface area contributed by atoms with Gasteiger partial charge < -0.3 is 10.1 Å². The Hall–Kier alpha value is -3.00. The van der Waals surface area contributed by atoms with Crippen LogP contribution in [-0.4, -0.2) is 27.5 Å². The summed E-state index contributed by atoms with van der Waals surface area (Å²) in [7, 11) is 0. The summed E-state index contributed by atoms with van der Waals surface area (Å²) in [6.45, 7) is 3.38. The van der Waals surface area contributed by atoms with E-state index in [9.17, 15) is 14.4 Å². The van der Waals surface area contributed by atoms with Crippen molar-refractivity contribution in [2.75, 3.05) is 5.32 Å². The maximum Gasteiger partial charge on any atom is 0.329 e. The standard InChI is InChI=1S/C23H25N3O4S/c1-14-18-21(31-19(14)20(27)25-16-9-5-3-6-10-16)24-13-26(22(18)28)15(2)23(29)30-17-11-7-4-8-12-17/h3,5-6,9-10,13,15,17H,4,7-8,11-12H2,1-2H3,(H,25,27)/t15-/m1/s1. The number of anilines is 1. The Morgan fingerprint density at radius 1 is 1.19 bits per heavy atom. The van der Waals surface area contributed by atoms with Gasteiger partial charge in [0.2, 0.25) is 0 Å². The van der Waals surface area contributed by atoms with E-state index >= 15 is 0 Å². The Morgan fingerprint density at radius 2 is 1.90 bits per heavy atom. The number of hydrogen-bond acceptors (Lipinski definition) is 6. The summed E-state index contributed by atoms with van der Waals surface area (Å²) in [4.78, 5) is 43.8. The molecule has 0 spiro atoms. The number of nitrogens with zero attached hydrogens (tertiary/aromatic N) is 2. The maximum absolute atomic E-state index is 13.2. The van der Waals surface area contributed by atoms with Crippen molar-refractivity contribution in [3.05, 3.63) is 57.5 Å². The molecule has 4 rings (SSSR count). The lowest BCUT2D eigenvalue weighted by molar-refractivity contribution is -0.154. The van der Waals surface area contributed by atoms with E-state index in [1.807, 2.05) is 18.2 Å². The lowest BCUT2D eigenvalue weighted by atomic mass is 9.98. The largest absolute Gasteiger partial charge is 0.461 e. The van der Waals surface area contributed by atoms with Crippen molar-refractivity contribution in [3.8, 4) is 0 Å². The van der Waals surface area contributed by atoms with Crippen molar-refractivity contribution < 1.29 is 14.3 Å². The summed E-state index contributed by atoms with van der Waals surface area (Å²) in [6.07, 6.45) is 6.31. The van der Waals surface area contributed by atoms with Gasteiger partial charge in [0, 0.05) is 5.69 Å². The molecule has 3 aromatic rings. The molecule has 1 amide bonds. The van der Waals surface area contributed by atoms with Gasteiger partial charge in [0.25, 0.3) is 11.5 Å². The number of hydrogen-bond donors (Lipinski definition) is 1. The lowest BCUT2D eigenvalue weighted by Crippen LogP contribution is -2.32. The van der Waals surface area contributed by atoms with Crippen LogP contribution in [0.3, 0.4) is 0 Å². The van der Waals surface area contributed by atoms with Crippen LogP contribution >= 0.6 is 11.3 Å². The minimum Gasteiger partial charge on any atom is -0.461 e. The van der Waals surface area contributed by atoms with Gasteiger partial charge in [0.05, 0.1) is 16.6 Å². The zero-order valence-electron chi connectivity index (χ0n) is 17.6. The third-order valence-corrected chi connectivity index (χ3v) is 6.91. The average Bonchev–Trinajstić information content (AvgIpc) is 3.12. The Kier molecular flexibility index (Phi) is 6.18. The molecule has 2 aromatic heterocycles. The molecular weight excluding hydrogens is 414 g/mol. The van der Waals surface area contributed by atoms with E-state index < -0.39 is 12.0 Å². The monoisotopic (exact) mass is 439 g/mol. The van der Waals surface area contributed by atoms with E-state index in [1.165, 1.54) is 28.7 Å². The predicted octanol–water partition coefficient (Wildman–Crippen LogP) is 4.46. The van der Waals surface area contributed by atoms with E-state index in [2.05, 4.69) is 10.3 Å². The molecule has 1 atom stereocenters. The number of aryl methyl sites for hydroxylation is 1. The van der Waals surface area contributed by atoms with Crippen LogP contribution in [-0.2, 0) is 9.53 Å². The Morgan fingerprint density at radius 3 is 2.61 bits per heavy atom. The molecule has 0 radical (unpaired) electrons. The number of ether oxygens (including phenoxy) is 1. The van der Waals surface area contributed by atoms with Crippen molar-refractivity contribution >= 4 is 39.1 Å². The SMILES string of the molecule is Cc1c(C(=O)Nc2ccccc2)sc2ncn([C@H](C)C(=O)OC3CCCCC3)c(=O)c12. The van der Waals surface area contributed by atoms with E-state index in [0.717, 1.165) is 25.7 Å². The van der Waals surface area contributed by atoms with Gasteiger partial charge in [-0.2, -0.15) is 0 Å². The molecule has 0 saturated heterocycles. The number of fused-ring (bicyclic) bond motifs is 1. The molecule has 0 bridgehead atoms. The molecule has 31 heavy (non-hydrogen) atoms. The minimum atomic E-state index is -0.785. The van der Waals surface area contributed by atoms with E-state index in [0.29, 0.717) is 26.3 Å². The van der Waals surface area contributed by atoms with Crippen LogP contribution in [0.4, 0.5) is 5.69 Å². The van der Waals surface area contributed by atoms with E-state index in [4.69, 9.17) is 4.74 Å². The normalized spacial score (nSPS) is 15.5. The molecule has 1 aromatic carbocycles. The fraction of sp³-hybridized carbons (Fsp3) is 0.391. The second-order valence-corrected chi connectivity index (χ2v) is 8.89. The van der Waals surface area contributed by atoms with Crippen molar-refractivity contribution in [2.24, 2.45) is 0 Å². The number of carbonyl (C=O) groups is 2. The molecule has 0 aliphatic heterocycles. The summed E-state index contributed by atoms with van der Waals surface area (Å²) >= 11 is 1.17. The van der Waals surface area contributed by atoms with Crippen LogP contribution < -0.4 is 10.9 Å². The molecule has 0 unspecified atom stereocenters. The highest BCUT2D eigenvalue weighted by atomic mass is 32.1. The van der Waals surface area contributed by atoms with Crippen LogP contribution in [0, 0.1) is 6.92 Å². The number of carbonyl (C=O) groups excluding carboxylic acids is 2. The second-order valence-electron chi connectivity index (χ2n) is 7.89. The van der Waals surface area contributed by atoms with Crippen molar-refractivity contribution in [3.63, 3.8) is 0 Å². The molecule has 1 aliphatic rings. The fourth-order valence-corrected chi connectivity index (χ4v) is 4.93. The fourth-order valence-electron chi connectivity index (χ4n) is 3.90. The van der Waals surface area contributed by atoms with Gasteiger partial charge in [-0.05, 0) is 57.2 Å². The van der Waals surface area contributed by atoms with Gasteiger partial charge in [0.15, 0.2) is 0 Å². The third kappa shape index (κ3) is 4.39. The molecule has 8 heteroatoms. The minimum absolute atomic E-state index is 0.0766. The summed E-state index contributed by atoms with van der Waals surface area (Å²) in [5.41, 5.74) is 0.896. The number of para-hydroxylation sites is 1. The first-order valence-corrected chi connectivity index (χ1v) is 11.3. The van der Waals surface area contributed by atoms with Crippen LogP contribution in [0.25, 0.3) is 10.2 Å². The summed E-state index contributed by atoms with van der Waals surface area (Å²) < 4.78 is 6.92. The summed E-state index contributed by atoms with van der Waals surface area (Å²) in [5.74, 6) is -0.715. The number of benzene rings is 1. The third-order valence-electron chi connectivity index (χ3n) is 5.71. The lowest BCUT2D eigenvalue weighted by Gasteiger charge is -2.24. The Balaban J connectivity index is 1.59. The van der Waals surface area contributed by atoms with Crippen molar-refractivity contribution in [1.29, 1.82) is 0 Å². The first kappa shape index (κ1) is 21.2. The Labute approximate surface area is 184 Å². The van der Waals surface area contributed by atoms with Gasteiger partial charge in [-0.1, -0.05) is 24.6 Å². The van der Waals surface area contributed by atoms with E-state index in [1.54, 1.807) is 26.0 Å². The molecule has 1 aliphatic carbocycles. The van der Waals surface area contributed by atoms with Gasteiger partial charge in [-0.15, -0.1) is 11.3 Å². The van der Waals surface area contributed by atoms with Crippen LogP contribution in [0.2, 0.25) is 0 Å². The molecule has 2 heterocycles. The molecule has 1 N–H and O–H groups in total. The summed E-state index contributed by atoms with van der Waals surface area (Å²) in [6, 6.07) is 8.35. The quantitative estimate of drug-likeness (QED) is 0.593. The number of thiophene rings is 1. The number of nitrogens with one attached hydrogen (secondary N) is 1. The average molecular weight is 440 g/mol. The number of esters is 1. The summed E-state index contributed by atoms with van der Waals surface area (Å²) in [5, 5.41) is 3.21. The van der Waals surface area contributed by atoms with Crippen molar-refractivity contribution in [2.45, 2.75) is 58.1 Å². The van der Waals surface area contributed by atoms with Gasteiger partial charge in [-0.3, -0.25) is 14.2 Å². The molecule has 162 valence electrons. The van der Waals surface area contributed by atoms with Crippen molar-refractivity contribution in [1.82, 2.24) is 9.55 Å². The number of amides is 1. The first-order chi connectivity index (χ1) is 15.0. The van der Waals surface area contributed by atoms with Gasteiger partial charge in [0.1, 0.15) is 17.0 Å². The molecule has 7 nitrogen and oxygen atoms in total. The highest BCUT2D eigenvalue weighted by Gasteiger charge is 2.26. The van der Waals surface area contributed by atoms with Gasteiger partial charge >= 0.3 is 5.97 Å². The topological polar surface area (TPSA) is 90.3 Å². The van der Waals surface area contributed by atoms with E-state index in [-0.39, 0.29) is 17.6 Å². The van der Waals surface area contributed by atoms with Crippen LogP contribution in [0.5, 0.6) is 0 Å². The zero-order chi connectivity index (χ0) is 22.0. The Bertz CT molecular complexity index is 1160. The predicted molar refractivity (Wildman–Crippen MR) is 121 cm³/mol. The van der Waals surface area contributed by atoms with Crippen LogP contribution in [0.15, 0.2) is 41.5 Å². The first-order valence-electron chi connectivity index (χ1n) is 10.5. The number of aromatic nitrogens is 2. The second kappa shape index (κ2) is 9.01. The smallest absolute Gasteiger partial charge is 0.329 e. The molecular formula is C23H25N3O4S. The highest BCUT2D eigenvalue weighted by Crippen LogP contribution is 2.28. The van der Waals surface area contributed by atoms with Crippen LogP contribution in [0.1, 0.15) is 60.3 Å². The molecule has 1 fully saturated rings. The van der Waals surface area contributed by atoms with Gasteiger partial charge in [-0.25, -0.2) is 9.78 Å². The molecule has 1 saturated carbocycles.